The maximum Gasteiger partial charge on any atom is 0.259 e. The molecule has 1 aliphatic rings. The van der Waals surface area contributed by atoms with Crippen molar-refractivity contribution in [3.05, 3.63) is 29.1 Å². The first kappa shape index (κ1) is 13.5. The lowest BCUT2D eigenvalue weighted by molar-refractivity contribution is 0.0976. The van der Waals surface area contributed by atoms with Gasteiger partial charge in [0.2, 0.25) is 0 Å². The van der Waals surface area contributed by atoms with Crippen LogP contribution in [0.5, 0.6) is 0 Å². The fourth-order valence-corrected chi connectivity index (χ4v) is 2.44. The normalized spacial score (nSPS) is 19.5. The molecule has 0 bridgehead atoms. The number of nitrogens with one attached hydrogen (secondary N) is 1. The lowest BCUT2D eigenvalue weighted by atomic mass is 9.99. The lowest BCUT2D eigenvalue weighted by Crippen LogP contribution is -2.36. The standard InChI is InChI=1S/C14H20N4O/c1-9-5-3-4-6-10-7-11(8-17-12(9)10)13(19)18-14(15)16-2/h7-9H,3-6H2,1-2H3,(H3,15,16,18,19). The molecule has 1 aromatic rings. The van der Waals surface area contributed by atoms with Crippen LogP contribution in [0.3, 0.4) is 0 Å². The maximum atomic E-state index is 12.0. The van der Waals surface area contributed by atoms with Gasteiger partial charge in [-0.05, 0) is 36.8 Å². The van der Waals surface area contributed by atoms with Gasteiger partial charge in [0.25, 0.3) is 5.91 Å². The van der Waals surface area contributed by atoms with Gasteiger partial charge in [0.1, 0.15) is 0 Å². The zero-order valence-corrected chi connectivity index (χ0v) is 11.4. The van der Waals surface area contributed by atoms with Gasteiger partial charge in [0.15, 0.2) is 5.96 Å². The van der Waals surface area contributed by atoms with Crippen LogP contribution in [0.25, 0.3) is 0 Å². The zero-order chi connectivity index (χ0) is 13.8. The van der Waals surface area contributed by atoms with E-state index in [0.717, 1.165) is 18.5 Å². The summed E-state index contributed by atoms with van der Waals surface area (Å²) in [5.41, 5.74) is 8.35. The van der Waals surface area contributed by atoms with Gasteiger partial charge >= 0.3 is 0 Å². The average molecular weight is 260 g/mol. The monoisotopic (exact) mass is 260 g/mol. The average Bonchev–Trinajstić information content (AvgIpc) is 2.60. The fourth-order valence-electron chi connectivity index (χ4n) is 2.44. The Morgan fingerprint density at radius 2 is 2.32 bits per heavy atom. The molecule has 1 heterocycles. The molecule has 0 aliphatic heterocycles. The van der Waals surface area contributed by atoms with Gasteiger partial charge < -0.3 is 5.73 Å². The number of aromatic nitrogens is 1. The molecule has 5 nitrogen and oxygen atoms in total. The highest BCUT2D eigenvalue weighted by atomic mass is 16.1. The lowest BCUT2D eigenvalue weighted by Gasteiger charge is -2.12. The van der Waals surface area contributed by atoms with Crippen LogP contribution in [0.15, 0.2) is 17.3 Å². The van der Waals surface area contributed by atoms with E-state index in [1.807, 2.05) is 6.07 Å². The molecule has 0 radical (unpaired) electrons. The number of guanidine groups is 1. The summed E-state index contributed by atoms with van der Waals surface area (Å²) < 4.78 is 0. The van der Waals surface area contributed by atoms with Crippen LogP contribution in [0.4, 0.5) is 0 Å². The summed E-state index contributed by atoms with van der Waals surface area (Å²) >= 11 is 0. The van der Waals surface area contributed by atoms with Gasteiger partial charge in [-0.25, -0.2) is 0 Å². The van der Waals surface area contributed by atoms with E-state index in [4.69, 9.17) is 5.73 Å². The van der Waals surface area contributed by atoms with Crippen molar-refractivity contribution in [1.29, 1.82) is 0 Å². The largest absolute Gasteiger partial charge is 0.370 e. The van der Waals surface area contributed by atoms with E-state index < -0.39 is 0 Å². The first-order chi connectivity index (χ1) is 9.11. The number of hydrogen-bond acceptors (Lipinski definition) is 3. The van der Waals surface area contributed by atoms with Crippen LogP contribution in [0.1, 0.15) is 53.7 Å². The number of fused-ring (bicyclic) bond motifs is 1. The Bertz CT molecular complexity index is 510. The van der Waals surface area contributed by atoms with Gasteiger partial charge in [-0.15, -0.1) is 0 Å². The number of rotatable bonds is 1. The molecular weight excluding hydrogens is 240 g/mol. The van der Waals surface area contributed by atoms with Gasteiger partial charge in [0, 0.05) is 18.9 Å². The van der Waals surface area contributed by atoms with E-state index in [0.29, 0.717) is 11.5 Å². The number of hydrogen-bond donors (Lipinski definition) is 2. The molecule has 0 saturated heterocycles. The molecule has 0 spiro atoms. The number of amides is 1. The number of nitrogens with two attached hydrogens (primary N) is 1. The highest BCUT2D eigenvalue weighted by Crippen LogP contribution is 2.28. The Labute approximate surface area is 113 Å². The second-order valence-corrected chi connectivity index (χ2v) is 4.98. The second kappa shape index (κ2) is 5.82. The Morgan fingerprint density at radius 3 is 3.05 bits per heavy atom. The Hall–Kier alpha value is -1.91. The van der Waals surface area contributed by atoms with Crippen LogP contribution in [0, 0.1) is 0 Å². The molecule has 1 aliphatic carbocycles. The third-order valence-electron chi connectivity index (χ3n) is 3.55. The molecule has 102 valence electrons. The first-order valence-electron chi connectivity index (χ1n) is 6.64. The molecule has 0 fully saturated rings. The second-order valence-electron chi connectivity index (χ2n) is 4.98. The van der Waals surface area contributed by atoms with Crippen molar-refractivity contribution in [3.63, 3.8) is 0 Å². The minimum Gasteiger partial charge on any atom is -0.370 e. The highest BCUT2D eigenvalue weighted by molar-refractivity contribution is 6.05. The smallest absolute Gasteiger partial charge is 0.259 e. The first-order valence-corrected chi connectivity index (χ1v) is 6.64. The van der Waals surface area contributed by atoms with E-state index in [1.54, 1.807) is 6.20 Å². The topological polar surface area (TPSA) is 80.4 Å². The van der Waals surface area contributed by atoms with E-state index in [1.165, 1.54) is 25.5 Å². The van der Waals surface area contributed by atoms with Crippen molar-refractivity contribution >= 4 is 11.9 Å². The molecular formula is C14H20N4O. The van der Waals surface area contributed by atoms with Crippen LogP contribution in [0.2, 0.25) is 0 Å². The number of carbonyl (C=O) groups is 1. The molecule has 2 rings (SSSR count). The van der Waals surface area contributed by atoms with Gasteiger partial charge in [-0.3, -0.25) is 20.1 Å². The van der Waals surface area contributed by atoms with Crippen molar-refractivity contribution in [2.24, 2.45) is 10.7 Å². The predicted octanol–water partition coefficient (Wildman–Crippen LogP) is 1.59. The van der Waals surface area contributed by atoms with Gasteiger partial charge in [0.05, 0.1) is 5.56 Å². The molecule has 3 N–H and O–H groups in total. The van der Waals surface area contributed by atoms with Crippen molar-refractivity contribution in [2.75, 3.05) is 7.05 Å². The summed E-state index contributed by atoms with van der Waals surface area (Å²) in [7, 11) is 1.53. The SMILES string of the molecule is CN=C(N)NC(=O)c1cnc2c(c1)CCCCC2C. The predicted molar refractivity (Wildman–Crippen MR) is 75.2 cm³/mol. The van der Waals surface area contributed by atoms with E-state index in [9.17, 15) is 4.79 Å². The van der Waals surface area contributed by atoms with Crippen LogP contribution < -0.4 is 11.1 Å². The Balaban J connectivity index is 2.25. The van der Waals surface area contributed by atoms with Crippen LogP contribution in [-0.4, -0.2) is 23.9 Å². The minimum absolute atomic E-state index is 0.119. The van der Waals surface area contributed by atoms with Crippen LogP contribution in [-0.2, 0) is 6.42 Å². The minimum atomic E-state index is -0.254. The van der Waals surface area contributed by atoms with E-state index in [-0.39, 0.29) is 11.9 Å². The number of aliphatic imine (C=N–C) groups is 1. The number of carbonyl (C=O) groups excluding carboxylic acids is 1. The summed E-state index contributed by atoms with van der Waals surface area (Å²) in [6, 6.07) is 1.93. The van der Waals surface area contributed by atoms with Crippen LogP contribution >= 0.6 is 0 Å². The van der Waals surface area contributed by atoms with Crippen molar-refractivity contribution in [2.45, 2.75) is 38.5 Å². The summed E-state index contributed by atoms with van der Waals surface area (Å²) in [4.78, 5) is 20.1. The van der Waals surface area contributed by atoms with E-state index in [2.05, 4.69) is 22.2 Å². The molecule has 1 amide bonds. The fraction of sp³-hybridized carbons (Fsp3) is 0.500. The molecule has 1 unspecified atom stereocenters. The molecule has 0 aromatic carbocycles. The molecule has 0 saturated carbocycles. The third kappa shape index (κ3) is 3.10. The Kier molecular flexibility index (Phi) is 4.14. The number of aryl methyl sites for hydroxylation is 1. The summed E-state index contributed by atoms with van der Waals surface area (Å²) in [5, 5.41) is 2.53. The summed E-state index contributed by atoms with van der Waals surface area (Å²) in [5.74, 6) is 0.334. The summed E-state index contributed by atoms with van der Waals surface area (Å²) in [6.45, 7) is 2.19. The number of pyridine rings is 1. The molecule has 1 atom stereocenters. The number of nitrogens with zero attached hydrogens (tertiary/aromatic N) is 2. The third-order valence-corrected chi connectivity index (χ3v) is 3.55. The molecule has 5 heteroatoms. The highest BCUT2D eigenvalue weighted by Gasteiger charge is 2.18. The maximum absolute atomic E-state index is 12.0. The molecule has 1 aromatic heterocycles. The zero-order valence-electron chi connectivity index (χ0n) is 11.4. The quantitative estimate of drug-likeness (QED) is 0.457. The molecule has 19 heavy (non-hydrogen) atoms. The van der Waals surface area contributed by atoms with Gasteiger partial charge in [-0.1, -0.05) is 13.3 Å². The van der Waals surface area contributed by atoms with Gasteiger partial charge in [-0.2, -0.15) is 0 Å². The van der Waals surface area contributed by atoms with E-state index >= 15 is 0 Å². The van der Waals surface area contributed by atoms with Crippen molar-refractivity contribution in [3.8, 4) is 0 Å². The van der Waals surface area contributed by atoms with Crippen molar-refractivity contribution in [1.82, 2.24) is 10.3 Å². The van der Waals surface area contributed by atoms with Crippen molar-refractivity contribution < 1.29 is 4.79 Å². The summed E-state index contributed by atoms with van der Waals surface area (Å²) in [6.07, 6.45) is 6.15. The Morgan fingerprint density at radius 1 is 1.53 bits per heavy atom.